The van der Waals surface area contributed by atoms with Crippen LogP contribution < -0.4 is 0 Å². The van der Waals surface area contributed by atoms with Gasteiger partial charge in [0.1, 0.15) is 0 Å². The molecule has 16 heteroatoms. The van der Waals surface area contributed by atoms with Gasteiger partial charge >= 0.3 is 25.2 Å². The molecule has 14 nitrogen and oxygen atoms in total. The van der Waals surface area contributed by atoms with Crippen molar-refractivity contribution in [2.45, 2.75) is 0 Å². The Hall–Kier alpha value is -1.35. The lowest BCUT2D eigenvalue weighted by atomic mass is 11.5. The van der Waals surface area contributed by atoms with Crippen LogP contribution in [-0.4, -0.2) is 58.9 Å². The monoisotopic (exact) mass is 305 g/mol. The van der Waals surface area contributed by atoms with Gasteiger partial charge in [-0.15, -0.1) is 10.1 Å². The Bertz CT molecular complexity index is 249. The third-order valence-electron chi connectivity index (χ3n) is 0. The van der Waals surface area contributed by atoms with Crippen molar-refractivity contribution >= 4 is 25.2 Å². The Balaban J connectivity index is -0.0000000667. The maximum Gasteiger partial charge on any atom is 0.503 e. The summed E-state index contributed by atoms with van der Waals surface area (Å²) in [6.07, 6.45) is -1.83. The van der Waals surface area contributed by atoms with Crippen molar-refractivity contribution in [1.82, 2.24) is 0 Å². The van der Waals surface area contributed by atoms with E-state index in [0.717, 1.165) is 0 Å². The standard InChI is InChI=1S/CH2O3.HNO3.H2O4S.H3O3P/c2*2-1(3)4;1-5(2,3)4;1-4(2)3/h(H2,2,3,4);(H,2,3,4);(H2,1,2,3,4);1-3H. The molecule has 0 fully saturated rings. The fourth-order valence-corrected chi connectivity index (χ4v) is 0. The van der Waals surface area contributed by atoms with Gasteiger partial charge in [0.2, 0.25) is 0 Å². The van der Waals surface area contributed by atoms with Gasteiger partial charge in [0.15, 0.2) is 0 Å². The molecule has 0 spiro atoms. The fourth-order valence-electron chi connectivity index (χ4n) is 0. The Morgan fingerprint density at radius 1 is 1.12 bits per heavy atom. The Morgan fingerprint density at radius 3 is 1.12 bits per heavy atom. The first-order chi connectivity index (χ1) is 7.20. The van der Waals surface area contributed by atoms with Crippen LogP contribution in [0.5, 0.6) is 0 Å². The van der Waals surface area contributed by atoms with Crippen LogP contribution in [0.2, 0.25) is 0 Å². The van der Waals surface area contributed by atoms with Gasteiger partial charge in [-0.2, -0.15) is 8.42 Å². The van der Waals surface area contributed by atoms with Crippen LogP contribution in [0.3, 0.4) is 0 Å². The van der Waals surface area contributed by atoms with Crippen molar-refractivity contribution < 1.29 is 57.5 Å². The molecule has 106 valence electrons. The summed E-state index contributed by atoms with van der Waals surface area (Å²) in [6, 6.07) is 0. The molecule has 0 amide bonds. The van der Waals surface area contributed by atoms with Gasteiger partial charge in [0.05, 0.1) is 0 Å². The van der Waals surface area contributed by atoms with E-state index < -0.39 is 30.2 Å². The van der Waals surface area contributed by atoms with E-state index in [1.807, 2.05) is 0 Å². The third kappa shape index (κ3) is 1290. The summed E-state index contributed by atoms with van der Waals surface area (Å²) < 4.78 is 31.6. The number of hydrogen-bond donors (Lipinski definition) is 8. The predicted octanol–water partition coefficient (Wildman–Crippen LogP) is -1.59. The summed E-state index contributed by atoms with van der Waals surface area (Å²) >= 11 is 0. The minimum absolute atomic E-state index is 1.50. The molecule has 0 radical (unpaired) electrons. The summed E-state index contributed by atoms with van der Waals surface area (Å²) in [5, 5.41) is 27.6. The van der Waals surface area contributed by atoms with Crippen LogP contribution in [0.15, 0.2) is 0 Å². The topological polar surface area (TPSA) is 256 Å². The van der Waals surface area contributed by atoms with Gasteiger partial charge in [0, 0.05) is 0 Å². The lowest BCUT2D eigenvalue weighted by Gasteiger charge is -1.76. The van der Waals surface area contributed by atoms with Gasteiger partial charge in [0.25, 0.3) is 5.09 Å². The zero-order chi connectivity index (χ0) is 15.2. The van der Waals surface area contributed by atoms with Crippen molar-refractivity contribution in [3.63, 3.8) is 0 Å². The highest BCUT2D eigenvalue weighted by Crippen LogP contribution is 2.11. The fraction of sp³-hybridized carbons (Fsp3) is 0. The Morgan fingerprint density at radius 2 is 1.12 bits per heavy atom. The molecule has 0 aromatic carbocycles. The number of carboxylic acid groups (broad SMARTS) is 2. The van der Waals surface area contributed by atoms with E-state index >= 15 is 0 Å². The molecule has 0 heterocycles. The third-order valence-corrected chi connectivity index (χ3v) is 0. The van der Waals surface area contributed by atoms with Gasteiger partial charge in [-0.25, -0.2) is 4.79 Å². The van der Waals surface area contributed by atoms with Gasteiger partial charge in [-0.05, 0) is 0 Å². The van der Waals surface area contributed by atoms with Crippen molar-refractivity contribution in [2.75, 3.05) is 0 Å². The number of rotatable bonds is 0. The molecular formula is CH8NO13PS. The summed E-state index contributed by atoms with van der Waals surface area (Å²) in [4.78, 5) is 38.6. The van der Waals surface area contributed by atoms with E-state index in [1.165, 1.54) is 0 Å². The summed E-state index contributed by atoms with van der Waals surface area (Å²) in [7, 11) is -7.29. The van der Waals surface area contributed by atoms with Crippen LogP contribution in [0, 0.1) is 10.1 Å². The van der Waals surface area contributed by atoms with E-state index in [0.29, 0.717) is 0 Å². The highest BCUT2D eigenvalue weighted by molar-refractivity contribution is 7.79. The molecule has 8 N–H and O–H groups in total. The van der Waals surface area contributed by atoms with Crippen molar-refractivity contribution in [3.8, 4) is 0 Å². The minimum Gasteiger partial charge on any atom is -0.450 e. The van der Waals surface area contributed by atoms with E-state index in [1.54, 1.807) is 0 Å². The molecular weight excluding hydrogens is 297 g/mol. The molecule has 0 aliphatic heterocycles. The number of hydrogen-bond acceptors (Lipinski definition) is 8. The molecule has 0 atom stereocenters. The largest absolute Gasteiger partial charge is 0.503 e. The number of carbonyl (C=O) groups is 1. The molecule has 0 aromatic rings. The van der Waals surface area contributed by atoms with Gasteiger partial charge < -0.3 is 30.1 Å². The molecule has 0 aromatic heterocycles. The van der Waals surface area contributed by atoms with Gasteiger partial charge in [-0.3, -0.25) is 9.11 Å². The van der Waals surface area contributed by atoms with Crippen molar-refractivity contribution in [3.05, 3.63) is 10.1 Å². The lowest BCUT2D eigenvalue weighted by molar-refractivity contribution is -0.742. The van der Waals surface area contributed by atoms with E-state index in [2.05, 4.69) is 0 Å². The minimum atomic E-state index is -4.67. The van der Waals surface area contributed by atoms with Crippen molar-refractivity contribution in [2.24, 2.45) is 0 Å². The molecule has 17 heavy (non-hydrogen) atoms. The molecule has 0 aliphatic carbocycles. The number of nitrogens with zero attached hydrogens (tertiary/aromatic N) is 1. The average Bonchev–Trinajstić information content (AvgIpc) is 1.73. The van der Waals surface area contributed by atoms with Crippen LogP contribution >= 0.6 is 8.60 Å². The van der Waals surface area contributed by atoms with E-state index in [-0.39, 0.29) is 0 Å². The molecule has 0 unspecified atom stereocenters. The Labute approximate surface area is 93.7 Å². The molecule has 0 bridgehead atoms. The first-order valence-corrected chi connectivity index (χ1v) is 5.11. The normalized spacial score (nSPS) is 8.35. The zero-order valence-corrected chi connectivity index (χ0v) is 9.13. The highest BCUT2D eigenvalue weighted by atomic mass is 32.3. The summed E-state index contributed by atoms with van der Waals surface area (Å²) in [6.45, 7) is 0. The molecule has 0 saturated carbocycles. The smallest absolute Gasteiger partial charge is 0.450 e. The average molecular weight is 305 g/mol. The molecule has 0 saturated heterocycles. The maximum atomic E-state index is 8.74. The van der Waals surface area contributed by atoms with E-state index in [4.69, 9.17) is 62.5 Å². The summed E-state index contributed by atoms with van der Waals surface area (Å²) in [5.41, 5.74) is 0. The van der Waals surface area contributed by atoms with Crippen LogP contribution in [0.25, 0.3) is 0 Å². The quantitative estimate of drug-likeness (QED) is 0.109. The predicted molar refractivity (Wildman–Crippen MR) is 47.2 cm³/mol. The van der Waals surface area contributed by atoms with Crippen molar-refractivity contribution in [1.29, 1.82) is 0 Å². The maximum absolute atomic E-state index is 8.74. The van der Waals surface area contributed by atoms with Crippen LogP contribution in [0.4, 0.5) is 4.79 Å². The summed E-state index contributed by atoms with van der Waals surface area (Å²) in [5.74, 6) is 0. The molecule has 0 rings (SSSR count). The zero-order valence-electron chi connectivity index (χ0n) is 7.42. The molecule has 0 aliphatic rings. The SMILES string of the molecule is O=C(O)O.O=S(=O)(O)O.O=[N+]([O-])O.OP(O)O. The van der Waals surface area contributed by atoms with E-state index in [9.17, 15) is 0 Å². The first-order valence-electron chi connectivity index (χ1n) is 2.51. The van der Waals surface area contributed by atoms with Crippen LogP contribution in [0.1, 0.15) is 0 Å². The Kier molecular flexibility index (Phi) is 21.3. The van der Waals surface area contributed by atoms with Gasteiger partial charge in [-0.1, -0.05) is 0 Å². The second kappa shape index (κ2) is 14.6. The second-order valence-corrected chi connectivity index (χ2v) is 2.67. The van der Waals surface area contributed by atoms with Crippen LogP contribution in [-0.2, 0) is 10.4 Å². The lowest BCUT2D eigenvalue weighted by Crippen LogP contribution is -1.89. The first kappa shape index (κ1) is 24.7. The highest BCUT2D eigenvalue weighted by Gasteiger charge is 1.84. The second-order valence-electron chi connectivity index (χ2n) is 1.24.